The van der Waals surface area contributed by atoms with Crippen molar-refractivity contribution in [2.75, 3.05) is 19.8 Å². The molecule has 0 saturated carbocycles. The van der Waals surface area contributed by atoms with Crippen LogP contribution < -0.4 is 11.2 Å². The van der Waals surface area contributed by atoms with Crippen LogP contribution in [0.4, 0.5) is 4.39 Å². The maximum Gasteiger partial charge on any atom is 0.330 e. The van der Waals surface area contributed by atoms with Gasteiger partial charge in [0.1, 0.15) is 6.23 Å². The van der Waals surface area contributed by atoms with E-state index in [0.717, 1.165) is 10.8 Å². The molecular formula is C9H11FN2O4. The number of aromatic amines is 1. The summed E-state index contributed by atoms with van der Waals surface area (Å²) in [6, 6.07) is 0. The molecule has 0 aromatic carbocycles. The van der Waals surface area contributed by atoms with Gasteiger partial charge in [-0.1, -0.05) is 0 Å². The summed E-state index contributed by atoms with van der Waals surface area (Å²) in [5.41, 5.74) is -1.70. The largest absolute Gasteiger partial charge is 0.379 e. The first-order chi connectivity index (χ1) is 7.68. The van der Waals surface area contributed by atoms with Crippen molar-refractivity contribution < 1.29 is 13.9 Å². The smallest absolute Gasteiger partial charge is 0.330 e. The van der Waals surface area contributed by atoms with Crippen molar-refractivity contribution in [3.8, 4) is 0 Å². The monoisotopic (exact) mass is 230 g/mol. The molecule has 1 N–H and O–H groups in total. The summed E-state index contributed by atoms with van der Waals surface area (Å²) in [7, 11) is 0. The van der Waals surface area contributed by atoms with E-state index in [0.29, 0.717) is 26.2 Å². The standard InChI is InChI=1S/C9H11FN2O4/c10-6-5-12(9(14)11-8(6)13)7-1-2-15-3-4-16-7/h5,7H,1-4H2,(H,11,13,14). The molecule has 6 nitrogen and oxygen atoms in total. The topological polar surface area (TPSA) is 73.3 Å². The van der Waals surface area contributed by atoms with Crippen LogP contribution in [-0.4, -0.2) is 29.4 Å². The Bertz CT molecular complexity index is 473. The van der Waals surface area contributed by atoms with Gasteiger partial charge < -0.3 is 9.47 Å². The highest BCUT2D eigenvalue weighted by molar-refractivity contribution is 4.88. The molecule has 0 aliphatic carbocycles. The van der Waals surface area contributed by atoms with Gasteiger partial charge in [-0.25, -0.2) is 4.79 Å². The molecule has 0 radical (unpaired) electrons. The number of ether oxygens (including phenoxy) is 2. The highest BCUT2D eigenvalue weighted by Gasteiger charge is 2.17. The first-order valence-electron chi connectivity index (χ1n) is 4.89. The molecule has 2 heterocycles. The average molecular weight is 230 g/mol. The maximum absolute atomic E-state index is 13.0. The lowest BCUT2D eigenvalue weighted by molar-refractivity contribution is 0.00458. The molecular weight excluding hydrogens is 219 g/mol. The van der Waals surface area contributed by atoms with Gasteiger partial charge in [-0.05, 0) is 0 Å². The van der Waals surface area contributed by atoms with Crippen LogP contribution in [-0.2, 0) is 9.47 Å². The molecule has 2 rings (SSSR count). The zero-order chi connectivity index (χ0) is 11.5. The van der Waals surface area contributed by atoms with E-state index in [9.17, 15) is 14.0 Å². The van der Waals surface area contributed by atoms with Crippen molar-refractivity contribution in [1.82, 2.24) is 9.55 Å². The maximum atomic E-state index is 13.0. The van der Waals surface area contributed by atoms with E-state index in [4.69, 9.17) is 9.47 Å². The molecule has 0 amide bonds. The molecule has 1 aromatic heterocycles. The average Bonchev–Trinajstić information content (AvgIpc) is 2.52. The third kappa shape index (κ3) is 2.20. The Kier molecular flexibility index (Phi) is 3.16. The van der Waals surface area contributed by atoms with Crippen LogP contribution in [0.1, 0.15) is 12.6 Å². The highest BCUT2D eigenvalue weighted by atomic mass is 19.1. The van der Waals surface area contributed by atoms with Crippen LogP contribution >= 0.6 is 0 Å². The molecule has 1 saturated heterocycles. The lowest BCUT2D eigenvalue weighted by Gasteiger charge is -2.16. The summed E-state index contributed by atoms with van der Waals surface area (Å²) in [6.45, 7) is 1.20. The number of hydrogen-bond donors (Lipinski definition) is 1. The van der Waals surface area contributed by atoms with Gasteiger partial charge >= 0.3 is 5.69 Å². The van der Waals surface area contributed by atoms with Crippen molar-refractivity contribution >= 4 is 0 Å². The van der Waals surface area contributed by atoms with E-state index in [2.05, 4.69) is 0 Å². The minimum absolute atomic E-state index is 0.331. The molecule has 1 aliphatic heterocycles. The van der Waals surface area contributed by atoms with E-state index >= 15 is 0 Å². The SMILES string of the molecule is O=c1[nH]c(=O)n(C2CCOCCO2)cc1F. The van der Waals surface area contributed by atoms with Crippen LogP contribution in [0.5, 0.6) is 0 Å². The lowest BCUT2D eigenvalue weighted by Crippen LogP contribution is -2.34. The molecule has 88 valence electrons. The predicted molar refractivity (Wildman–Crippen MR) is 51.7 cm³/mol. The number of rotatable bonds is 1. The van der Waals surface area contributed by atoms with Gasteiger partial charge in [0.2, 0.25) is 5.82 Å². The van der Waals surface area contributed by atoms with E-state index in [1.54, 1.807) is 0 Å². The second kappa shape index (κ2) is 4.58. The second-order valence-corrected chi connectivity index (χ2v) is 3.37. The summed E-state index contributed by atoms with van der Waals surface area (Å²) in [6.07, 6.45) is 0.698. The first-order valence-corrected chi connectivity index (χ1v) is 4.89. The fraction of sp³-hybridized carbons (Fsp3) is 0.556. The molecule has 1 unspecified atom stereocenters. The quantitative estimate of drug-likeness (QED) is 0.713. The molecule has 0 spiro atoms. The van der Waals surface area contributed by atoms with Gasteiger partial charge in [-0.3, -0.25) is 14.3 Å². The van der Waals surface area contributed by atoms with Crippen LogP contribution in [0.15, 0.2) is 15.8 Å². The van der Waals surface area contributed by atoms with Crippen LogP contribution in [0.2, 0.25) is 0 Å². The molecule has 0 bridgehead atoms. The van der Waals surface area contributed by atoms with Gasteiger partial charge in [-0.15, -0.1) is 0 Å². The number of aromatic nitrogens is 2. The minimum atomic E-state index is -1.02. The van der Waals surface area contributed by atoms with E-state index in [-0.39, 0.29) is 0 Å². The van der Waals surface area contributed by atoms with Crippen molar-refractivity contribution in [2.45, 2.75) is 12.6 Å². The molecule has 7 heteroatoms. The highest BCUT2D eigenvalue weighted by Crippen LogP contribution is 2.13. The molecule has 16 heavy (non-hydrogen) atoms. The Morgan fingerprint density at radius 2 is 2.19 bits per heavy atom. The molecule has 1 aromatic rings. The van der Waals surface area contributed by atoms with Gasteiger partial charge in [0, 0.05) is 6.42 Å². The summed E-state index contributed by atoms with van der Waals surface area (Å²) in [5, 5.41) is 0. The zero-order valence-corrected chi connectivity index (χ0v) is 8.44. The summed E-state index contributed by atoms with van der Waals surface area (Å²) >= 11 is 0. The van der Waals surface area contributed by atoms with Crippen molar-refractivity contribution in [3.63, 3.8) is 0 Å². The Labute approximate surface area is 89.6 Å². The second-order valence-electron chi connectivity index (χ2n) is 3.37. The van der Waals surface area contributed by atoms with Gasteiger partial charge in [-0.2, -0.15) is 4.39 Å². The van der Waals surface area contributed by atoms with Crippen molar-refractivity contribution in [2.24, 2.45) is 0 Å². The zero-order valence-electron chi connectivity index (χ0n) is 8.44. The van der Waals surface area contributed by atoms with E-state index in [1.165, 1.54) is 0 Å². The molecule has 1 atom stereocenters. The summed E-state index contributed by atoms with van der Waals surface area (Å²) in [5.74, 6) is -1.01. The number of nitrogens with one attached hydrogen (secondary N) is 1. The molecule has 1 aliphatic rings. The minimum Gasteiger partial charge on any atom is -0.379 e. The fourth-order valence-electron chi connectivity index (χ4n) is 1.51. The van der Waals surface area contributed by atoms with Gasteiger partial charge in [0.25, 0.3) is 5.56 Å². The Morgan fingerprint density at radius 1 is 1.38 bits per heavy atom. The Hall–Kier alpha value is -1.47. The van der Waals surface area contributed by atoms with Crippen LogP contribution in [0, 0.1) is 5.82 Å². The van der Waals surface area contributed by atoms with Crippen LogP contribution in [0.3, 0.4) is 0 Å². The third-order valence-corrected chi connectivity index (χ3v) is 2.28. The van der Waals surface area contributed by atoms with Crippen molar-refractivity contribution in [1.29, 1.82) is 0 Å². The Morgan fingerprint density at radius 3 is 3.00 bits per heavy atom. The van der Waals surface area contributed by atoms with Crippen molar-refractivity contribution in [3.05, 3.63) is 32.9 Å². The van der Waals surface area contributed by atoms with Gasteiger partial charge in [0.15, 0.2) is 0 Å². The molecule has 1 fully saturated rings. The number of H-pyrrole nitrogens is 1. The predicted octanol–water partition coefficient (Wildman–Crippen LogP) is -0.389. The van der Waals surface area contributed by atoms with E-state index in [1.807, 2.05) is 4.98 Å². The number of hydrogen-bond acceptors (Lipinski definition) is 4. The summed E-state index contributed by atoms with van der Waals surface area (Å²) in [4.78, 5) is 24.1. The van der Waals surface area contributed by atoms with E-state index < -0.39 is 23.3 Å². The lowest BCUT2D eigenvalue weighted by atomic mass is 10.4. The number of nitrogens with zero attached hydrogens (tertiary/aromatic N) is 1. The summed E-state index contributed by atoms with van der Waals surface area (Å²) < 4.78 is 24.5. The number of halogens is 1. The van der Waals surface area contributed by atoms with Gasteiger partial charge in [0.05, 0.1) is 26.0 Å². The van der Waals surface area contributed by atoms with Crippen LogP contribution in [0.25, 0.3) is 0 Å². The fourth-order valence-corrected chi connectivity index (χ4v) is 1.51. The Balaban J connectivity index is 2.35. The third-order valence-electron chi connectivity index (χ3n) is 2.28. The normalized spacial score (nSPS) is 21.7. The first kappa shape index (κ1) is 11.0.